The van der Waals surface area contributed by atoms with Crippen LogP contribution in [0.2, 0.25) is 0 Å². The summed E-state index contributed by atoms with van der Waals surface area (Å²) in [4.78, 5) is 24.6. The number of para-hydroxylation sites is 1. The maximum atomic E-state index is 11.5. The second-order valence-corrected chi connectivity index (χ2v) is 7.66. The number of nitrogens with zero attached hydrogens (tertiary/aromatic N) is 4. The predicted molar refractivity (Wildman–Crippen MR) is 105 cm³/mol. The molecule has 1 fully saturated rings. The third kappa shape index (κ3) is 4.12. The number of piperazine rings is 1. The molecule has 1 aliphatic heterocycles. The van der Waals surface area contributed by atoms with Gasteiger partial charge in [-0.15, -0.1) is 0 Å². The van der Waals surface area contributed by atoms with E-state index < -0.39 is 0 Å². The van der Waals surface area contributed by atoms with Gasteiger partial charge in [-0.2, -0.15) is 4.98 Å². The van der Waals surface area contributed by atoms with Gasteiger partial charge < -0.3 is 15.1 Å². The van der Waals surface area contributed by atoms with Crippen LogP contribution in [0.25, 0.3) is 0 Å². The Morgan fingerprint density at radius 1 is 1.08 bits per heavy atom. The van der Waals surface area contributed by atoms with Gasteiger partial charge in [-0.3, -0.25) is 4.79 Å². The number of carbonyl (C=O) groups excluding carboxylic acids is 1. The molecule has 138 valence electrons. The summed E-state index contributed by atoms with van der Waals surface area (Å²) in [5, 5.41) is 3.44. The van der Waals surface area contributed by atoms with Crippen LogP contribution in [0.5, 0.6) is 0 Å². The summed E-state index contributed by atoms with van der Waals surface area (Å²) in [5.41, 5.74) is 2.35. The number of nitrogens with one attached hydrogen (secondary N) is 1. The lowest BCUT2D eigenvalue weighted by Crippen LogP contribution is -2.48. The Balaban J connectivity index is 1.76. The highest BCUT2D eigenvalue weighted by molar-refractivity contribution is 5.73. The molecule has 1 aromatic heterocycles. The molecular weight excluding hydrogens is 326 g/mol. The molecule has 1 N–H and O–H groups in total. The van der Waals surface area contributed by atoms with E-state index in [0.717, 1.165) is 24.6 Å². The second-order valence-electron chi connectivity index (χ2n) is 7.66. The maximum absolute atomic E-state index is 11.5. The number of benzene rings is 1. The van der Waals surface area contributed by atoms with Gasteiger partial charge in [0.25, 0.3) is 0 Å². The smallest absolute Gasteiger partial charge is 0.227 e. The summed E-state index contributed by atoms with van der Waals surface area (Å²) in [5.74, 6) is 1.60. The van der Waals surface area contributed by atoms with Crippen molar-refractivity contribution in [3.8, 4) is 0 Å². The van der Waals surface area contributed by atoms with Crippen molar-refractivity contribution >= 4 is 23.4 Å². The summed E-state index contributed by atoms with van der Waals surface area (Å²) < 4.78 is 0. The molecule has 6 nitrogen and oxygen atoms in total. The van der Waals surface area contributed by atoms with Crippen molar-refractivity contribution in [3.05, 3.63) is 42.1 Å². The van der Waals surface area contributed by atoms with E-state index in [9.17, 15) is 4.79 Å². The van der Waals surface area contributed by atoms with Gasteiger partial charge in [0.2, 0.25) is 11.9 Å². The molecule has 1 aliphatic rings. The fourth-order valence-electron chi connectivity index (χ4n) is 3.18. The number of hydrogen-bond acceptors (Lipinski definition) is 5. The number of amides is 1. The molecule has 2 aromatic rings. The molecule has 0 bridgehead atoms. The first-order chi connectivity index (χ1) is 12.3. The summed E-state index contributed by atoms with van der Waals surface area (Å²) >= 11 is 0. The van der Waals surface area contributed by atoms with Gasteiger partial charge in [0, 0.05) is 45.0 Å². The van der Waals surface area contributed by atoms with Crippen LogP contribution in [0.4, 0.5) is 17.5 Å². The minimum Gasteiger partial charge on any atom is -0.340 e. The average molecular weight is 353 g/mol. The Bertz CT molecular complexity index is 776. The maximum Gasteiger partial charge on any atom is 0.227 e. The Morgan fingerprint density at radius 3 is 2.42 bits per heavy atom. The first-order valence-corrected chi connectivity index (χ1v) is 9.04. The van der Waals surface area contributed by atoms with Crippen molar-refractivity contribution in [1.29, 1.82) is 0 Å². The van der Waals surface area contributed by atoms with Crippen molar-refractivity contribution in [2.75, 3.05) is 36.4 Å². The van der Waals surface area contributed by atoms with Crippen molar-refractivity contribution in [2.24, 2.45) is 0 Å². The van der Waals surface area contributed by atoms with Crippen LogP contribution in [-0.4, -0.2) is 47.0 Å². The minimum atomic E-state index is 0.0441. The van der Waals surface area contributed by atoms with Gasteiger partial charge in [-0.05, 0) is 23.1 Å². The van der Waals surface area contributed by atoms with Gasteiger partial charge in [-0.1, -0.05) is 39.0 Å². The predicted octanol–water partition coefficient (Wildman–Crippen LogP) is 3.19. The van der Waals surface area contributed by atoms with Gasteiger partial charge in [0.1, 0.15) is 5.82 Å². The third-order valence-electron chi connectivity index (χ3n) is 4.65. The monoisotopic (exact) mass is 353 g/mol. The van der Waals surface area contributed by atoms with Crippen molar-refractivity contribution in [2.45, 2.75) is 33.1 Å². The molecule has 1 amide bonds. The molecule has 0 atom stereocenters. The van der Waals surface area contributed by atoms with Crippen LogP contribution in [-0.2, 0) is 10.2 Å². The van der Waals surface area contributed by atoms with E-state index >= 15 is 0 Å². The van der Waals surface area contributed by atoms with E-state index in [-0.39, 0.29) is 11.3 Å². The quantitative estimate of drug-likeness (QED) is 0.918. The molecule has 2 heterocycles. The summed E-state index contributed by atoms with van der Waals surface area (Å²) in [6.45, 7) is 11.1. The topological polar surface area (TPSA) is 61.4 Å². The van der Waals surface area contributed by atoms with Crippen LogP contribution < -0.4 is 10.2 Å². The molecule has 0 unspecified atom stereocenters. The van der Waals surface area contributed by atoms with Crippen LogP contribution >= 0.6 is 0 Å². The first-order valence-electron chi connectivity index (χ1n) is 9.04. The van der Waals surface area contributed by atoms with Crippen molar-refractivity contribution in [3.63, 3.8) is 0 Å². The molecular formula is C20H27N5O. The van der Waals surface area contributed by atoms with Crippen LogP contribution in [0, 0.1) is 0 Å². The zero-order valence-corrected chi connectivity index (χ0v) is 16.0. The lowest BCUT2D eigenvalue weighted by molar-refractivity contribution is -0.129. The minimum absolute atomic E-state index is 0.0441. The summed E-state index contributed by atoms with van der Waals surface area (Å²) in [7, 11) is 0. The zero-order valence-electron chi connectivity index (χ0n) is 16.0. The highest BCUT2D eigenvalue weighted by Gasteiger charge is 2.21. The highest BCUT2D eigenvalue weighted by Crippen LogP contribution is 2.31. The SMILES string of the molecule is CC(=O)N1CCN(c2nccc(Nc3ccccc3C(C)(C)C)n2)CC1. The van der Waals surface area contributed by atoms with E-state index in [1.165, 1.54) is 5.56 Å². The fourth-order valence-corrected chi connectivity index (χ4v) is 3.18. The molecule has 1 aromatic carbocycles. The molecule has 0 aliphatic carbocycles. The molecule has 6 heteroatoms. The van der Waals surface area contributed by atoms with E-state index in [0.29, 0.717) is 19.0 Å². The molecule has 0 saturated carbocycles. The van der Waals surface area contributed by atoms with E-state index in [1.54, 1.807) is 13.1 Å². The van der Waals surface area contributed by atoms with Crippen LogP contribution in [0.15, 0.2) is 36.5 Å². The van der Waals surface area contributed by atoms with Crippen LogP contribution in [0.1, 0.15) is 33.3 Å². The molecule has 0 radical (unpaired) electrons. The van der Waals surface area contributed by atoms with E-state index in [2.05, 4.69) is 59.2 Å². The number of aromatic nitrogens is 2. The first kappa shape index (κ1) is 18.2. The Morgan fingerprint density at radius 2 is 1.77 bits per heavy atom. The van der Waals surface area contributed by atoms with Gasteiger partial charge >= 0.3 is 0 Å². The highest BCUT2D eigenvalue weighted by atomic mass is 16.2. The normalized spacial score (nSPS) is 15.1. The number of rotatable bonds is 3. The standard InChI is InChI=1S/C20H27N5O/c1-15(26)24-11-13-25(14-12-24)19-21-10-9-18(23-19)22-17-8-6-5-7-16(17)20(2,3)4/h5-10H,11-14H2,1-4H3,(H,21,22,23). The second kappa shape index (κ2) is 7.32. The van der Waals surface area contributed by atoms with E-state index in [1.807, 2.05) is 17.0 Å². The molecule has 1 saturated heterocycles. The molecule has 3 rings (SSSR count). The Hall–Kier alpha value is -2.63. The number of anilines is 3. The third-order valence-corrected chi connectivity index (χ3v) is 4.65. The van der Waals surface area contributed by atoms with Crippen molar-refractivity contribution < 1.29 is 4.79 Å². The molecule has 26 heavy (non-hydrogen) atoms. The van der Waals surface area contributed by atoms with E-state index in [4.69, 9.17) is 0 Å². The molecule has 0 spiro atoms. The summed E-state index contributed by atoms with van der Waals surface area (Å²) in [6, 6.07) is 10.2. The van der Waals surface area contributed by atoms with Crippen molar-refractivity contribution in [1.82, 2.24) is 14.9 Å². The Labute approximate surface area is 155 Å². The fraction of sp³-hybridized carbons (Fsp3) is 0.450. The lowest BCUT2D eigenvalue weighted by atomic mass is 9.86. The lowest BCUT2D eigenvalue weighted by Gasteiger charge is -2.34. The largest absolute Gasteiger partial charge is 0.340 e. The van der Waals surface area contributed by atoms with Crippen LogP contribution in [0.3, 0.4) is 0 Å². The van der Waals surface area contributed by atoms with Gasteiger partial charge in [0.15, 0.2) is 0 Å². The Kier molecular flexibility index (Phi) is 5.11. The number of carbonyl (C=O) groups is 1. The zero-order chi connectivity index (χ0) is 18.7. The average Bonchev–Trinajstić information content (AvgIpc) is 2.61. The summed E-state index contributed by atoms with van der Waals surface area (Å²) in [6.07, 6.45) is 1.78. The number of hydrogen-bond donors (Lipinski definition) is 1. The van der Waals surface area contributed by atoms with Gasteiger partial charge in [0.05, 0.1) is 0 Å². The van der Waals surface area contributed by atoms with Gasteiger partial charge in [-0.25, -0.2) is 4.98 Å².